The number of nitrogens with zero attached hydrogens (tertiary/aromatic N) is 1. The number of rotatable bonds is 4. The zero-order valence-corrected chi connectivity index (χ0v) is 14.7. The first-order chi connectivity index (χ1) is 12.7. The summed E-state index contributed by atoms with van der Waals surface area (Å²) in [6, 6.07) is 16.8. The number of ether oxygens (including phenoxy) is 1. The summed E-state index contributed by atoms with van der Waals surface area (Å²) in [6.07, 6.45) is 0.878. The molecule has 26 heavy (non-hydrogen) atoms. The number of halogens is 1. The van der Waals surface area contributed by atoms with Gasteiger partial charge in [0.25, 0.3) is 5.91 Å². The van der Waals surface area contributed by atoms with Crippen LogP contribution in [-0.4, -0.2) is 24.2 Å². The number of amides is 1. The summed E-state index contributed by atoms with van der Waals surface area (Å²) in [5.74, 6) is 1.40. The highest BCUT2D eigenvalue weighted by molar-refractivity contribution is 6.30. The van der Waals surface area contributed by atoms with E-state index >= 15 is 0 Å². The molecule has 2 heterocycles. The molecule has 1 aromatic heterocycles. The molecule has 6 heteroatoms. The molecule has 1 unspecified atom stereocenters. The Bertz CT molecular complexity index is 938. The van der Waals surface area contributed by atoms with Crippen LogP contribution < -0.4 is 10.1 Å². The number of benzene rings is 2. The summed E-state index contributed by atoms with van der Waals surface area (Å²) < 4.78 is 11.0. The Hall–Kier alpha value is -2.79. The summed E-state index contributed by atoms with van der Waals surface area (Å²) >= 11 is 5.98. The lowest BCUT2D eigenvalue weighted by Crippen LogP contribution is -2.34. The minimum atomic E-state index is -0.263. The number of hydrogen-bond acceptors (Lipinski definition) is 4. The fourth-order valence-corrected chi connectivity index (χ4v) is 3.20. The van der Waals surface area contributed by atoms with Crippen LogP contribution in [0.1, 0.15) is 16.1 Å². The van der Waals surface area contributed by atoms with Crippen molar-refractivity contribution >= 4 is 17.5 Å². The fourth-order valence-electron chi connectivity index (χ4n) is 3.01. The molecule has 0 spiro atoms. The van der Waals surface area contributed by atoms with Gasteiger partial charge in [-0.3, -0.25) is 4.79 Å². The van der Waals surface area contributed by atoms with E-state index in [1.54, 1.807) is 18.2 Å². The molecule has 0 bridgehead atoms. The Balaban J connectivity index is 1.37. The quantitative estimate of drug-likeness (QED) is 0.756. The Labute approximate surface area is 155 Å². The van der Waals surface area contributed by atoms with E-state index in [2.05, 4.69) is 16.5 Å². The van der Waals surface area contributed by atoms with E-state index in [0.717, 1.165) is 17.7 Å². The van der Waals surface area contributed by atoms with Crippen molar-refractivity contribution in [1.29, 1.82) is 0 Å². The normalized spacial score (nSPS) is 15.8. The van der Waals surface area contributed by atoms with Gasteiger partial charge in [-0.05, 0) is 30.2 Å². The smallest absolute Gasteiger partial charge is 0.273 e. The van der Waals surface area contributed by atoms with Crippen LogP contribution in [0.4, 0.5) is 0 Å². The average molecular weight is 369 g/mol. The van der Waals surface area contributed by atoms with Gasteiger partial charge in [0.05, 0.1) is 6.61 Å². The van der Waals surface area contributed by atoms with E-state index in [1.165, 1.54) is 5.56 Å². The van der Waals surface area contributed by atoms with Gasteiger partial charge in [-0.25, -0.2) is 0 Å². The van der Waals surface area contributed by atoms with Crippen molar-refractivity contribution in [2.24, 2.45) is 5.92 Å². The monoisotopic (exact) mass is 368 g/mol. The molecule has 5 nitrogen and oxygen atoms in total. The molecular formula is C20H17ClN2O3. The van der Waals surface area contributed by atoms with E-state index in [1.807, 2.05) is 30.3 Å². The third kappa shape index (κ3) is 3.58. The molecule has 0 saturated heterocycles. The largest absolute Gasteiger partial charge is 0.493 e. The molecule has 0 fully saturated rings. The molecule has 1 atom stereocenters. The third-order valence-electron chi connectivity index (χ3n) is 4.36. The number of hydrogen-bond donors (Lipinski definition) is 1. The molecule has 1 amide bonds. The Kier molecular flexibility index (Phi) is 4.63. The Morgan fingerprint density at radius 3 is 2.96 bits per heavy atom. The first-order valence-electron chi connectivity index (χ1n) is 8.40. The zero-order chi connectivity index (χ0) is 17.9. The van der Waals surface area contributed by atoms with Crippen molar-refractivity contribution in [1.82, 2.24) is 10.5 Å². The Morgan fingerprint density at radius 2 is 2.08 bits per heavy atom. The van der Waals surface area contributed by atoms with Gasteiger partial charge in [-0.2, -0.15) is 0 Å². The fraction of sp³-hybridized carbons (Fsp3) is 0.200. The first-order valence-corrected chi connectivity index (χ1v) is 8.78. The molecule has 3 aromatic rings. The summed E-state index contributed by atoms with van der Waals surface area (Å²) in [5.41, 5.74) is 2.20. The van der Waals surface area contributed by atoms with Crippen molar-refractivity contribution in [2.45, 2.75) is 6.42 Å². The predicted molar refractivity (Wildman–Crippen MR) is 98.4 cm³/mol. The van der Waals surface area contributed by atoms with Crippen LogP contribution in [0.5, 0.6) is 5.75 Å². The number of para-hydroxylation sites is 1. The molecule has 0 radical (unpaired) electrons. The number of nitrogens with one attached hydrogen (secondary N) is 1. The van der Waals surface area contributed by atoms with E-state index < -0.39 is 0 Å². The predicted octanol–water partition coefficient (Wildman–Crippen LogP) is 3.98. The number of fused-ring (bicyclic) bond motifs is 1. The highest BCUT2D eigenvalue weighted by atomic mass is 35.5. The molecule has 1 N–H and O–H groups in total. The minimum Gasteiger partial charge on any atom is -0.493 e. The summed E-state index contributed by atoms with van der Waals surface area (Å²) in [4.78, 5) is 12.3. The van der Waals surface area contributed by atoms with E-state index in [9.17, 15) is 4.79 Å². The highest BCUT2D eigenvalue weighted by Gasteiger charge is 2.21. The number of aromatic nitrogens is 1. The number of carbonyl (C=O) groups excluding carboxylic acids is 1. The third-order valence-corrected chi connectivity index (χ3v) is 4.59. The SMILES string of the molecule is O=C(NCC1COc2ccccc2C1)c1cc(-c2cccc(Cl)c2)on1. The van der Waals surface area contributed by atoms with Crippen LogP contribution in [-0.2, 0) is 6.42 Å². The molecule has 0 saturated carbocycles. The van der Waals surface area contributed by atoms with Crippen molar-refractivity contribution in [3.05, 3.63) is 70.9 Å². The standard InChI is InChI=1S/C20H17ClN2O3/c21-16-6-3-5-15(9-16)19-10-17(23-26-19)20(24)22-11-13-8-14-4-1-2-7-18(14)25-12-13/h1-7,9-10,13H,8,11-12H2,(H,22,24). The van der Waals surface area contributed by atoms with Gasteiger partial charge in [0.15, 0.2) is 11.5 Å². The van der Waals surface area contributed by atoms with Crippen LogP contribution in [0.15, 0.2) is 59.1 Å². The second-order valence-electron chi connectivity index (χ2n) is 6.29. The van der Waals surface area contributed by atoms with Crippen molar-refractivity contribution < 1.29 is 14.1 Å². The maximum atomic E-state index is 12.3. The van der Waals surface area contributed by atoms with E-state index in [4.69, 9.17) is 20.9 Å². The molecule has 4 rings (SSSR count). The highest BCUT2D eigenvalue weighted by Crippen LogP contribution is 2.27. The maximum Gasteiger partial charge on any atom is 0.273 e. The molecule has 1 aliphatic heterocycles. The summed E-state index contributed by atoms with van der Waals surface area (Å²) in [5, 5.41) is 7.37. The lowest BCUT2D eigenvalue weighted by atomic mass is 9.97. The van der Waals surface area contributed by atoms with Crippen molar-refractivity contribution in [3.63, 3.8) is 0 Å². The van der Waals surface area contributed by atoms with E-state index in [0.29, 0.717) is 23.9 Å². The van der Waals surface area contributed by atoms with Gasteiger partial charge >= 0.3 is 0 Å². The Morgan fingerprint density at radius 1 is 1.19 bits per heavy atom. The zero-order valence-electron chi connectivity index (χ0n) is 13.9. The molecule has 1 aliphatic rings. The minimum absolute atomic E-state index is 0.230. The van der Waals surface area contributed by atoms with Gasteiger partial charge < -0.3 is 14.6 Å². The van der Waals surface area contributed by atoms with Crippen LogP contribution in [0.3, 0.4) is 0 Å². The maximum absolute atomic E-state index is 12.3. The van der Waals surface area contributed by atoms with Crippen molar-refractivity contribution in [3.8, 4) is 17.1 Å². The second kappa shape index (κ2) is 7.22. The van der Waals surface area contributed by atoms with Gasteiger partial charge in [-0.15, -0.1) is 0 Å². The second-order valence-corrected chi connectivity index (χ2v) is 6.72. The van der Waals surface area contributed by atoms with Crippen LogP contribution >= 0.6 is 11.6 Å². The van der Waals surface area contributed by atoms with Crippen molar-refractivity contribution in [2.75, 3.05) is 13.2 Å². The average Bonchev–Trinajstić information content (AvgIpc) is 3.16. The lowest BCUT2D eigenvalue weighted by molar-refractivity contribution is 0.0930. The molecule has 0 aliphatic carbocycles. The first kappa shape index (κ1) is 16.7. The summed E-state index contributed by atoms with van der Waals surface area (Å²) in [7, 11) is 0. The summed E-state index contributed by atoms with van der Waals surface area (Å²) in [6.45, 7) is 1.11. The molecule has 132 valence electrons. The lowest BCUT2D eigenvalue weighted by Gasteiger charge is -2.25. The topological polar surface area (TPSA) is 64.4 Å². The molecule has 2 aromatic carbocycles. The number of carbonyl (C=O) groups is 1. The molecular weight excluding hydrogens is 352 g/mol. The van der Waals surface area contributed by atoms with Gasteiger partial charge in [0, 0.05) is 29.1 Å². The van der Waals surface area contributed by atoms with E-state index in [-0.39, 0.29) is 17.5 Å². The van der Waals surface area contributed by atoms with Gasteiger partial charge in [0.1, 0.15) is 5.75 Å². The van der Waals surface area contributed by atoms with Gasteiger partial charge in [0.2, 0.25) is 0 Å². The van der Waals surface area contributed by atoms with Crippen LogP contribution in [0.25, 0.3) is 11.3 Å². The van der Waals surface area contributed by atoms with Crippen LogP contribution in [0, 0.1) is 5.92 Å². The van der Waals surface area contributed by atoms with Crippen LogP contribution in [0.2, 0.25) is 5.02 Å². The van der Waals surface area contributed by atoms with Gasteiger partial charge in [-0.1, -0.05) is 47.1 Å².